The first kappa shape index (κ1) is 20.3. The van der Waals surface area contributed by atoms with Gasteiger partial charge in [0.1, 0.15) is 17.2 Å². The number of nitrogens with one attached hydrogen (secondary N) is 1. The third kappa shape index (κ3) is 4.69. The number of carboxylic acid groups (broad SMARTS) is 1. The summed E-state index contributed by atoms with van der Waals surface area (Å²) >= 11 is 0. The van der Waals surface area contributed by atoms with Crippen molar-refractivity contribution < 1.29 is 27.4 Å². The molecule has 8 heteroatoms. The van der Waals surface area contributed by atoms with Gasteiger partial charge in [0.2, 0.25) is 10.0 Å². The Morgan fingerprint density at radius 2 is 2.04 bits per heavy atom. The van der Waals surface area contributed by atoms with Crippen LogP contribution in [0.4, 0.5) is 4.39 Å². The number of benzene rings is 2. The summed E-state index contributed by atoms with van der Waals surface area (Å²) in [6.45, 7) is 3.92. The van der Waals surface area contributed by atoms with E-state index in [1.165, 1.54) is 18.2 Å². The van der Waals surface area contributed by atoms with E-state index in [0.717, 1.165) is 11.6 Å². The Bertz CT molecular complexity index is 1000. The van der Waals surface area contributed by atoms with E-state index in [2.05, 4.69) is 4.72 Å². The van der Waals surface area contributed by atoms with Crippen molar-refractivity contribution in [3.63, 3.8) is 0 Å². The Labute approximate surface area is 163 Å². The maximum atomic E-state index is 13.4. The monoisotopic (exact) mass is 407 g/mol. The number of sulfonamides is 1. The van der Waals surface area contributed by atoms with Gasteiger partial charge in [0, 0.05) is 12.5 Å². The first-order valence-corrected chi connectivity index (χ1v) is 10.3. The second-order valence-corrected chi connectivity index (χ2v) is 9.28. The molecule has 1 aliphatic rings. The quantitative estimate of drug-likeness (QED) is 0.768. The van der Waals surface area contributed by atoms with Crippen LogP contribution in [-0.2, 0) is 21.2 Å². The van der Waals surface area contributed by atoms with Crippen molar-refractivity contribution in [2.45, 2.75) is 43.1 Å². The number of hydrogen-bond acceptors (Lipinski definition) is 4. The van der Waals surface area contributed by atoms with Gasteiger partial charge in [-0.05, 0) is 55.7 Å². The van der Waals surface area contributed by atoms with Gasteiger partial charge in [-0.25, -0.2) is 17.5 Å². The number of carbonyl (C=O) groups is 1. The molecule has 0 bridgehead atoms. The second-order valence-electron chi connectivity index (χ2n) is 7.51. The van der Waals surface area contributed by atoms with Gasteiger partial charge in [0.15, 0.2) is 0 Å². The van der Waals surface area contributed by atoms with Gasteiger partial charge < -0.3 is 9.84 Å². The maximum absolute atomic E-state index is 13.4. The summed E-state index contributed by atoms with van der Waals surface area (Å²) in [5.41, 5.74) is 0.891. The first-order chi connectivity index (χ1) is 13.1. The minimum absolute atomic E-state index is 0.117. The highest BCUT2D eigenvalue weighted by atomic mass is 32.2. The molecule has 0 saturated carbocycles. The van der Waals surface area contributed by atoms with Crippen molar-refractivity contribution in [2.75, 3.05) is 6.54 Å². The second kappa shape index (κ2) is 7.52. The molecule has 1 aliphatic heterocycles. The van der Waals surface area contributed by atoms with E-state index >= 15 is 0 Å². The van der Waals surface area contributed by atoms with Gasteiger partial charge in [-0.3, -0.25) is 4.79 Å². The van der Waals surface area contributed by atoms with Crippen molar-refractivity contribution >= 4 is 16.0 Å². The molecule has 2 aromatic carbocycles. The molecule has 0 fully saturated rings. The standard InChI is InChI=1S/C20H22FNO5S/c1-20(2)11-14(12-22-28(25,26)16-5-3-4-15(21)10-16)17-7-6-13(9-19(23)24)8-18(17)27-20/h3-8,10,14,22H,9,11-12H2,1-2H3,(H,23,24). The molecule has 0 amide bonds. The summed E-state index contributed by atoms with van der Waals surface area (Å²) < 4.78 is 46.9. The van der Waals surface area contributed by atoms with E-state index in [9.17, 15) is 17.6 Å². The average Bonchev–Trinajstić information content (AvgIpc) is 2.58. The minimum atomic E-state index is -3.85. The predicted molar refractivity (Wildman–Crippen MR) is 101 cm³/mol. The van der Waals surface area contributed by atoms with Crippen LogP contribution in [-0.4, -0.2) is 31.6 Å². The zero-order chi connectivity index (χ0) is 20.5. The Hall–Kier alpha value is -2.45. The van der Waals surface area contributed by atoms with Gasteiger partial charge in [0.25, 0.3) is 0 Å². The molecule has 1 unspecified atom stereocenters. The van der Waals surface area contributed by atoms with E-state index < -0.39 is 27.4 Å². The maximum Gasteiger partial charge on any atom is 0.307 e. The normalized spacial score (nSPS) is 18.2. The first-order valence-electron chi connectivity index (χ1n) is 8.85. The smallest absolute Gasteiger partial charge is 0.307 e. The molecule has 0 spiro atoms. The van der Waals surface area contributed by atoms with Gasteiger partial charge in [0.05, 0.1) is 11.3 Å². The number of rotatable bonds is 6. The van der Waals surface area contributed by atoms with Crippen molar-refractivity contribution in [3.05, 3.63) is 59.4 Å². The Balaban J connectivity index is 1.83. The van der Waals surface area contributed by atoms with Gasteiger partial charge in [-0.2, -0.15) is 0 Å². The zero-order valence-electron chi connectivity index (χ0n) is 15.6. The highest BCUT2D eigenvalue weighted by Crippen LogP contribution is 2.41. The van der Waals surface area contributed by atoms with Crippen molar-refractivity contribution in [3.8, 4) is 5.75 Å². The lowest BCUT2D eigenvalue weighted by atomic mass is 9.84. The van der Waals surface area contributed by atoms with Gasteiger partial charge in [-0.1, -0.05) is 18.2 Å². The van der Waals surface area contributed by atoms with Crippen LogP contribution in [0.5, 0.6) is 5.75 Å². The molecule has 28 heavy (non-hydrogen) atoms. The number of fused-ring (bicyclic) bond motifs is 1. The fraction of sp³-hybridized carbons (Fsp3) is 0.350. The molecule has 0 aromatic heterocycles. The highest BCUT2D eigenvalue weighted by Gasteiger charge is 2.34. The molecule has 150 valence electrons. The van der Waals surface area contributed by atoms with E-state index in [1.54, 1.807) is 18.2 Å². The molecule has 0 saturated heterocycles. The lowest BCUT2D eigenvalue weighted by Gasteiger charge is -2.38. The summed E-state index contributed by atoms with van der Waals surface area (Å²) in [6.07, 6.45) is 0.456. The number of ether oxygens (including phenoxy) is 1. The molecule has 0 aliphatic carbocycles. The molecule has 6 nitrogen and oxygen atoms in total. The molecular formula is C20H22FNO5S. The SMILES string of the molecule is CC1(C)CC(CNS(=O)(=O)c2cccc(F)c2)c2ccc(CC(=O)O)cc2O1. The Kier molecular flexibility index (Phi) is 5.45. The van der Waals surface area contributed by atoms with E-state index in [1.807, 2.05) is 13.8 Å². The average molecular weight is 407 g/mol. The van der Waals surface area contributed by atoms with Crippen LogP contribution in [0.3, 0.4) is 0 Å². The Morgan fingerprint density at radius 3 is 2.71 bits per heavy atom. The fourth-order valence-corrected chi connectivity index (χ4v) is 4.55. The molecule has 2 N–H and O–H groups in total. The topological polar surface area (TPSA) is 92.7 Å². The third-order valence-electron chi connectivity index (χ3n) is 4.62. The number of carboxylic acids is 1. The van der Waals surface area contributed by atoms with Crippen LogP contribution in [0.1, 0.15) is 37.3 Å². The van der Waals surface area contributed by atoms with Gasteiger partial charge in [-0.15, -0.1) is 0 Å². The summed E-state index contributed by atoms with van der Waals surface area (Å²) in [7, 11) is -3.85. The predicted octanol–water partition coefficient (Wildman–Crippen LogP) is 3.08. The molecular weight excluding hydrogens is 385 g/mol. The van der Waals surface area contributed by atoms with Crippen LogP contribution < -0.4 is 9.46 Å². The number of halogens is 1. The van der Waals surface area contributed by atoms with Crippen LogP contribution in [0.25, 0.3) is 0 Å². The molecule has 3 rings (SSSR count). The summed E-state index contributed by atoms with van der Waals surface area (Å²) in [4.78, 5) is 10.8. The van der Waals surface area contributed by atoms with E-state index in [4.69, 9.17) is 9.84 Å². The summed E-state index contributed by atoms with van der Waals surface area (Å²) in [5.74, 6) is -1.16. The summed E-state index contributed by atoms with van der Waals surface area (Å²) in [6, 6.07) is 10.0. The van der Waals surface area contributed by atoms with Crippen LogP contribution in [0, 0.1) is 5.82 Å². The van der Waals surface area contributed by atoms with Crippen molar-refractivity contribution in [1.29, 1.82) is 0 Å². The highest BCUT2D eigenvalue weighted by molar-refractivity contribution is 7.89. The van der Waals surface area contributed by atoms with Gasteiger partial charge >= 0.3 is 5.97 Å². The fourth-order valence-electron chi connectivity index (χ4n) is 3.44. The van der Waals surface area contributed by atoms with Crippen molar-refractivity contribution in [2.24, 2.45) is 0 Å². The van der Waals surface area contributed by atoms with E-state index in [-0.39, 0.29) is 23.8 Å². The molecule has 1 heterocycles. The third-order valence-corrected chi connectivity index (χ3v) is 6.04. The number of aliphatic carboxylic acids is 1. The molecule has 2 aromatic rings. The van der Waals surface area contributed by atoms with Crippen LogP contribution in [0.15, 0.2) is 47.4 Å². The lowest BCUT2D eigenvalue weighted by molar-refractivity contribution is -0.136. The van der Waals surface area contributed by atoms with Crippen molar-refractivity contribution in [1.82, 2.24) is 4.72 Å². The number of hydrogen-bond donors (Lipinski definition) is 2. The minimum Gasteiger partial charge on any atom is -0.488 e. The molecule has 1 atom stereocenters. The van der Waals surface area contributed by atoms with Crippen LogP contribution in [0.2, 0.25) is 0 Å². The van der Waals surface area contributed by atoms with Crippen LogP contribution >= 0.6 is 0 Å². The summed E-state index contributed by atoms with van der Waals surface area (Å²) in [5, 5.41) is 8.98. The Morgan fingerprint density at radius 1 is 1.29 bits per heavy atom. The molecule has 0 radical (unpaired) electrons. The zero-order valence-corrected chi connectivity index (χ0v) is 16.4. The lowest BCUT2D eigenvalue weighted by Crippen LogP contribution is -2.39. The largest absolute Gasteiger partial charge is 0.488 e. The van der Waals surface area contributed by atoms with E-state index in [0.29, 0.717) is 17.7 Å².